The summed E-state index contributed by atoms with van der Waals surface area (Å²) in [5, 5.41) is 24.6. The highest BCUT2D eigenvalue weighted by Crippen LogP contribution is 2.36. The van der Waals surface area contributed by atoms with Crippen molar-refractivity contribution in [1.82, 2.24) is 30.4 Å². The zero-order valence-corrected chi connectivity index (χ0v) is 18.4. The van der Waals surface area contributed by atoms with Crippen molar-refractivity contribution in [1.29, 1.82) is 0 Å². The molecule has 1 amide bonds. The Morgan fingerprint density at radius 2 is 2.10 bits per heavy atom. The van der Waals surface area contributed by atoms with Gasteiger partial charge in [-0.3, -0.25) is 4.79 Å². The monoisotopic (exact) mass is 416 g/mol. The van der Waals surface area contributed by atoms with Gasteiger partial charge in [-0.2, -0.15) is 5.21 Å². The molecule has 3 rings (SSSR count). The minimum atomic E-state index is -0.214. The highest BCUT2D eigenvalue weighted by atomic mass is 32.2. The summed E-state index contributed by atoms with van der Waals surface area (Å²) in [6, 6.07) is 3.94. The lowest BCUT2D eigenvalue weighted by molar-refractivity contribution is -0.127. The summed E-state index contributed by atoms with van der Waals surface area (Å²) in [4.78, 5) is 17.4. The number of hydrogen-bond donors (Lipinski definition) is 2. The molecule has 9 heteroatoms. The van der Waals surface area contributed by atoms with Crippen molar-refractivity contribution >= 4 is 23.7 Å². The summed E-state index contributed by atoms with van der Waals surface area (Å²) in [7, 11) is 3.94. The van der Waals surface area contributed by atoms with Gasteiger partial charge in [0.05, 0.1) is 11.4 Å². The zero-order chi connectivity index (χ0) is 21.2. The fourth-order valence-corrected chi connectivity index (χ4v) is 4.25. The van der Waals surface area contributed by atoms with Gasteiger partial charge in [0.25, 0.3) is 5.91 Å². The maximum atomic E-state index is 13.0. The number of phenols is 1. The SMILES string of the molecule is CN(C)Cc1cc(C=C2SCCN(Cc3nn[nH]n3)C2=O)cc(C(C)(C)C)c1O. The van der Waals surface area contributed by atoms with Crippen LogP contribution in [0.25, 0.3) is 6.08 Å². The van der Waals surface area contributed by atoms with Gasteiger partial charge in [0.2, 0.25) is 0 Å². The molecule has 0 bridgehead atoms. The molecular weight excluding hydrogens is 388 g/mol. The fourth-order valence-electron chi connectivity index (χ4n) is 3.25. The van der Waals surface area contributed by atoms with Gasteiger partial charge in [-0.1, -0.05) is 26.0 Å². The highest BCUT2D eigenvalue weighted by Gasteiger charge is 2.26. The van der Waals surface area contributed by atoms with E-state index in [0.717, 1.165) is 22.4 Å². The maximum absolute atomic E-state index is 13.0. The lowest BCUT2D eigenvalue weighted by Gasteiger charge is -2.27. The van der Waals surface area contributed by atoms with Crippen molar-refractivity contribution in [3.8, 4) is 5.75 Å². The standard InChI is InChI=1S/C20H28N6O2S/c1-20(2,3)15-9-13(8-14(18(15)27)11-25(4)5)10-16-19(28)26(6-7-29-16)12-17-21-23-24-22-17/h8-10,27H,6-7,11-12H2,1-5H3,(H,21,22,23,24). The highest BCUT2D eigenvalue weighted by molar-refractivity contribution is 8.04. The Hall–Kier alpha value is -2.39. The number of nitrogens with one attached hydrogen (secondary N) is 1. The number of thioether (sulfide) groups is 1. The van der Waals surface area contributed by atoms with Crippen molar-refractivity contribution < 1.29 is 9.90 Å². The number of phenolic OH excluding ortho intramolecular Hbond substituents is 1. The summed E-state index contributed by atoms with van der Waals surface area (Å²) < 4.78 is 0. The number of carbonyl (C=O) groups excluding carboxylic acids is 1. The number of aromatic amines is 1. The van der Waals surface area contributed by atoms with Gasteiger partial charge >= 0.3 is 0 Å². The van der Waals surface area contributed by atoms with Crippen molar-refractivity contribution in [2.45, 2.75) is 39.3 Å². The predicted octanol–water partition coefficient (Wildman–Crippen LogP) is 2.38. The van der Waals surface area contributed by atoms with Gasteiger partial charge in [0, 0.05) is 30.0 Å². The number of carbonyl (C=O) groups is 1. The minimum Gasteiger partial charge on any atom is -0.507 e. The van der Waals surface area contributed by atoms with E-state index in [2.05, 4.69) is 41.4 Å². The Balaban J connectivity index is 1.94. The molecule has 0 atom stereocenters. The van der Waals surface area contributed by atoms with Crippen LogP contribution in [0.5, 0.6) is 5.75 Å². The molecule has 156 valence electrons. The second kappa shape index (κ2) is 8.54. The summed E-state index contributed by atoms with van der Waals surface area (Å²) in [5.41, 5.74) is 2.43. The molecule has 0 aliphatic carbocycles. The second-order valence-electron chi connectivity index (χ2n) is 8.48. The molecule has 1 fully saturated rings. The van der Waals surface area contributed by atoms with Crippen molar-refractivity contribution in [3.63, 3.8) is 0 Å². The number of hydrogen-bond acceptors (Lipinski definition) is 7. The first-order valence-corrected chi connectivity index (χ1v) is 10.5. The van der Waals surface area contributed by atoms with Gasteiger partial charge in [-0.05, 0) is 43.3 Å². The molecule has 0 spiro atoms. The smallest absolute Gasteiger partial charge is 0.260 e. The predicted molar refractivity (Wildman–Crippen MR) is 114 cm³/mol. The van der Waals surface area contributed by atoms with Gasteiger partial charge in [-0.15, -0.1) is 22.0 Å². The van der Waals surface area contributed by atoms with Crippen LogP contribution in [0.1, 0.15) is 43.3 Å². The average Bonchev–Trinajstić information content (AvgIpc) is 3.12. The zero-order valence-electron chi connectivity index (χ0n) is 17.6. The van der Waals surface area contributed by atoms with E-state index in [1.807, 2.05) is 37.2 Å². The maximum Gasteiger partial charge on any atom is 0.260 e. The summed E-state index contributed by atoms with van der Waals surface area (Å²) >= 11 is 1.55. The first-order valence-electron chi connectivity index (χ1n) is 9.52. The van der Waals surface area contributed by atoms with E-state index in [0.29, 0.717) is 36.1 Å². The van der Waals surface area contributed by atoms with Crippen LogP contribution in [0.3, 0.4) is 0 Å². The molecule has 8 nitrogen and oxygen atoms in total. The Kier molecular flexibility index (Phi) is 6.28. The Bertz CT molecular complexity index is 902. The minimum absolute atomic E-state index is 0.0365. The van der Waals surface area contributed by atoms with Gasteiger partial charge in [0.1, 0.15) is 5.75 Å². The van der Waals surface area contributed by atoms with E-state index in [9.17, 15) is 9.90 Å². The molecule has 1 saturated heterocycles. The van der Waals surface area contributed by atoms with Crippen LogP contribution in [-0.4, -0.2) is 67.8 Å². The Labute approximate surface area is 175 Å². The topological polar surface area (TPSA) is 98.2 Å². The van der Waals surface area contributed by atoms with Crippen LogP contribution in [0.2, 0.25) is 0 Å². The van der Waals surface area contributed by atoms with Crippen LogP contribution < -0.4 is 0 Å². The van der Waals surface area contributed by atoms with E-state index in [-0.39, 0.29) is 11.3 Å². The molecule has 0 saturated carbocycles. The molecule has 2 aromatic rings. The molecule has 2 heterocycles. The van der Waals surface area contributed by atoms with Crippen LogP contribution >= 0.6 is 11.8 Å². The van der Waals surface area contributed by atoms with Crippen LogP contribution in [-0.2, 0) is 23.3 Å². The van der Waals surface area contributed by atoms with E-state index in [1.54, 1.807) is 16.7 Å². The lowest BCUT2D eigenvalue weighted by Crippen LogP contribution is -2.36. The van der Waals surface area contributed by atoms with Crippen molar-refractivity contribution in [3.05, 3.63) is 39.6 Å². The van der Waals surface area contributed by atoms with Gasteiger partial charge in [0.15, 0.2) is 5.82 Å². The van der Waals surface area contributed by atoms with Crippen LogP contribution in [0, 0.1) is 0 Å². The van der Waals surface area contributed by atoms with Gasteiger partial charge in [-0.25, -0.2) is 0 Å². The molecule has 1 aliphatic rings. The molecular formula is C20H28N6O2S. The Morgan fingerprint density at radius 1 is 1.34 bits per heavy atom. The number of rotatable bonds is 5. The number of H-pyrrole nitrogens is 1. The second-order valence-corrected chi connectivity index (χ2v) is 9.61. The number of amides is 1. The number of aromatic hydroxyl groups is 1. The summed E-state index contributed by atoms with van der Waals surface area (Å²) in [5.74, 6) is 1.60. The van der Waals surface area contributed by atoms with E-state index in [1.165, 1.54) is 0 Å². The molecule has 0 radical (unpaired) electrons. The average molecular weight is 417 g/mol. The quantitative estimate of drug-likeness (QED) is 0.722. The summed E-state index contributed by atoms with van der Waals surface area (Å²) in [6.45, 7) is 7.83. The third-order valence-corrected chi connectivity index (χ3v) is 5.63. The third kappa shape index (κ3) is 5.16. The largest absolute Gasteiger partial charge is 0.507 e. The van der Waals surface area contributed by atoms with E-state index in [4.69, 9.17) is 0 Å². The number of benzene rings is 1. The molecule has 2 N–H and O–H groups in total. The molecule has 29 heavy (non-hydrogen) atoms. The molecule has 0 unspecified atom stereocenters. The van der Waals surface area contributed by atoms with E-state index >= 15 is 0 Å². The Morgan fingerprint density at radius 3 is 2.72 bits per heavy atom. The first-order chi connectivity index (χ1) is 13.6. The summed E-state index contributed by atoms with van der Waals surface area (Å²) in [6.07, 6.45) is 1.92. The molecule has 1 aliphatic heterocycles. The van der Waals surface area contributed by atoms with Crippen LogP contribution in [0.4, 0.5) is 0 Å². The van der Waals surface area contributed by atoms with Crippen molar-refractivity contribution in [2.24, 2.45) is 0 Å². The normalized spacial score (nSPS) is 16.8. The van der Waals surface area contributed by atoms with Crippen LogP contribution in [0.15, 0.2) is 17.0 Å². The number of aromatic nitrogens is 4. The fraction of sp³-hybridized carbons (Fsp3) is 0.500. The molecule has 1 aromatic carbocycles. The first kappa shape index (κ1) is 21.3. The number of tetrazole rings is 1. The number of nitrogens with zero attached hydrogens (tertiary/aromatic N) is 5. The van der Waals surface area contributed by atoms with Gasteiger partial charge < -0.3 is 14.9 Å². The van der Waals surface area contributed by atoms with E-state index < -0.39 is 0 Å². The molecule has 1 aromatic heterocycles. The lowest BCUT2D eigenvalue weighted by atomic mass is 9.84. The van der Waals surface area contributed by atoms with Crippen molar-refractivity contribution in [2.75, 3.05) is 26.4 Å². The third-order valence-electron chi connectivity index (χ3n) is 4.64.